The van der Waals surface area contributed by atoms with Gasteiger partial charge < -0.3 is 14.8 Å². The minimum atomic E-state index is 0.123. The Kier molecular flexibility index (Phi) is 4.65. The molecule has 0 saturated heterocycles. The van der Waals surface area contributed by atoms with Crippen molar-refractivity contribution < 1.29 is 9.47 Å². The molecule has 2 rings (SSSR count). The molecule has 1 aliphatic carbocycles. The zero-order valence-corrected chi connectivity index (χ0v) is 14.6. The number of ether oxygens (including phenoxy) is 2. The minimum absolute atomic E-state index is 0.123. The molecule has 0 bridgehead atoms. The van der Waals surface area contributed by atoms with Crippen LogP contribution in [0.2, 0.25) is 0 Å². The third-order valence-corrected chi connectivity index (χ3v) is 4.54. The van der Waals surface area contributed by atoms with Crippen LogP contribution in [0.15, 0.2) is 10.5 Å². The molecular formula is C16H24BrNO2. The van der Waals surface area contributed by atoms with E-state index in [1.54, 1.807) is 0 Å². The monoisotopic (exact) mass is 341 g/mol. The molecule has 1 aromatic rings. The molecule has 3 nitrogen and oxygen atoms in total. The highest BCUT2D eigenvalue weighted by molar-refractivity contribution is 9.10. The van der Waals surface area contributed by atoms with Crippen LogP contribution in [0.25, 0.3) is 0 Å². The van der Waals surface area contributed by atoms with E-state index in [1.807, 2.05) is 27.0 Å². The number of benzene rings is 1. The summed E-state index contributed by atoms with van der Waals surface area (Å²) in [4.78, 5) is 0. The normalized spacial score (nSPS) is 19.8. The van der Waals surface area contributed by atoms with Gasteiger partial charge in [-0.1, -0.05) is 29.8 Å². The smallest absolute Gasteiger partial charge is 0.166 e. The molecule has 0 amide bonds. The molecule has 1 aromatic carbocycles. The number of hydrogen-bond donors (Lipinski definition) is 1. The van der Waals surface area contributed by atoms with E-state index in [9.17, 15) is 0 Å². The van der Waals surface area contributed by atoms with E-state index in [4.69, 9.17) is 9.47 Å². The highest BCUT2D eigenvalue weighted by Crippen LogP contribution is 2.54. The van der Waals surface area contributed by atoms with Crippen molar-refractivity contribution in [2.24, 2.45) is 0 Å². The number of hydrogen-bond acceptors (Lipinski definition) is 3. The van der Waals surface area contributed by atoms with Crippen molar-refractivity contribution >= 4 is 15.9 Å². The van der Waals surface area contributed by atoms with Crippen LogP contribution in [0.1, 0.15) is 51.3 Å². The summed E-state index contributed by atoms with van der Waals surface area (Å²) < 4.78 is 12.8. The summed E-state index contributed by atoms with van der Waals surface area (Å²) in [5.41, 5.74) is 2.71. The van der Waals surface area contributed by atoms with Gasteiger partial charge in [0.15, 0.2) is 11.5 Å². The highest BCUT2D eigenvalue weighted by Gasteiger charge is 2.41. The second kappa shape index (κ2) is 5.94. The standard InChI is InChI=1S/C16H24BrNO2/c1-6-19-12-8-10(17)14-13(15(12)20-7-2)11(18-5)9-16(14,3)4/h8,11,18H,6-7,9H2,1-5H3. The van der Waals surface area contributed by atoms with Crippen LogP contribution in [0.5, 0.6) is 11.5 Å². The fourth-order valence-electron chi connectivity index (χ4n) is 3.16. The Hall–Kier alpha value is -0.740. The topological polar surface area (TPSA) is 30.5 Å². The van der Waals surface area contributed by atoms with Crippen molar-refractivity contribution in [2.45, 2.75) is 45.6 Å². The summed E-state index contributed by atoms with van der Waals surface area (Å²) in [7, 11) is 2.01. The molecule has 20 heavy (non-hydrogen) atoms. The Morgan fingerprint density at radius 2 is 1.95 bits per heavy atom. The fraction of sp³-hybridized carbons (Fsp3) is 0.625. The fourth-order valence-corrected chi connectivity index (χ4v) is 4.12. The molecule has 0 fully saturated rings. The third kappa shape index (κ3) is 2.56. The first kappa shape index (κ1) is 15.6. The van der Waals surface area contributed by atoms with E-state index in [1.165, 1.54) is 11.1 Å². The Morgan fingerprint density at radius 1 is 1.30 bits per heavy atom. The van der Waals surface area contributed by atoms with Crippen LogP contribution >= 0.6 is 15.9 Å². The van der Waals surface area contributed by atoms with E-state index in [-0.39, 0.29) is 5.41 Å². The molecule has 1 N–H and O–H groups in total. The quantitative estimate of drug-likeness (QED) is 0.870. The number of nitrogens with one attached hydrogen (secondary N) is 1. The van der Waals surface area contributed by atoms with E-state index in [0.29, 0.717) is 19.3 Å². The maximum atomic E-state index is 5.93. The Morgan fingerprint density at radius 3 is 2.50 bits per heavy atom. The van der Waals surface area contributed by atoms with Crippen molar-refractivity contribution in [2.75, 3.05) is 20.3 Å². The van der Waals surface area contributed by atoms with Crippen molar-refractivity contribution in [3.05, 3.63) is 21.7 Å². The SMILES string of the molecule is CCOc1cc(Br)c2c(c1OCC)C(NC)CC2(C)C. The lowest BCUT2D eigenvalue weighted by Gasteiger charge is -2.22. The maximum Gasteiger partial charge on any atom is 0.166 e. The lowest BCUT2D eigenvalue weighted by Crippen LogP contribution is -2.17. The lowest BCUT2D eigenvalue weighted by molar-refractivity contribution is 0.283. The first-order valence-electron chi connectivity index (χ1n) is 7.26. The Balaban J connectivity index is 2.67. The molecule has 0 aliphatic heterocycles. The number of fused-ring (bicyclic) bond motifs is 1. The molecule has 1 unspecified atom stereocenters. The zero-order valence-electron chi connectivity index (χ0n) is 13.0. The van der Waals surface area contributed by atoms with E-state index < -0.39 is 0 Å². The van der Waals surface area contributed by atoms with Gasteiger partial charge in [-0.3, -0.25) is 0 Å². The van der Waals surface area contributed by atoms with Gasteiger partial charge in [0, 0.05) is 16.1 Å². The van der Waals surface area contributed by atoms with E-state index in [0.717, 1.165) is 22.4 Å². The Labute approximate surface area is 130 Å². The molecule has 0 radical (unpaired) electrons. The van der Waals surface area contributed by atoms with Crippen LogP contribution < -0.4 is 14.8 Å². The van der Waals surface area contributed by atoms with Gasteiger partial charge in [0.05, 0.1) is 13.2 Å². The number of halogens is 1. The summed E-state index contributed by atoms with van der Waals surface area (Å²) in [6, 6.07) is 2.35. The second-order valence-electron chi connectivity index (χ2n) is 5.77. The van der Waals surface area contributed by atoms with Gasteiger partial charge in [0.25, 0.3) is 0 Å². The predicted molar refractivity (Wildman–Crippen MR) is 85.9 cm³/mol. The maximum absolute atomic E-state index is 5.93. The van der Waals surface area contributed by atoms with Crippen molar-refractivity contribution in [3.63, 3.8) is 0 Å². The highest BCUT2D eigenvalue weighted by atomic mass is 79.9. The van der Waals surface area contributed by atoms with Crippen LogP contribution in [0, 0.1) is 0 Å². The van der Waals surface area contributed by atoms with Crippen molar-refractivity contribution in [3.8, 4) is 11.5 Å². The molecule has 0 heterocycles. The van der Waals surface area contributed by atoms with Crippen LogP contribution in [-0.2, 0) is 5.41 Å². The number of rotatable bonds is 5. The summed E-state index contributed by atoms with van der Waals surface area (Å²) in [6.07, 6.45) is 1.06. The molecule has 0 spiro atoms. The third-order valence-electron chi connectivity index (χ3n) is 3.91. The molecule has 112 valence electrons. The second-order valence-corrected chi connectivity index (χ2v) is 6.62. The van der Waals surface area contributed by atoms with E-state index in [2.05, 4.69) is 35.1 Å². The molecule has 0 aromatic heterocycles. The molecular weight excluding hydrogens is 318 g/mol. The largest absolute Gasteiger partial charge is 0.490 e. The Bertz CT molecular complexity index is 500. The van der Waals surface area contributed by atoms with Gasteiger partial charge in [0.1, 0.15) is 0 Å². The van der Waals surface area contributed by atoms with Crippen LogP contribution in [0.3, 0.4) is 0 Å². The molecule has 1 aliphatic rings. The average molecular weight is 342 g/mol. The first-order chi connectivity index (χ1) is 9.46. The summed E-state index contributed by atoms with van der Waals surface area (Å²) in [6.45, 7) is 9.85. The summed E-state index contributed by atoms with van der Waals surface area (Å²) in [5, 5.41) is 3.41. The summed E-state index contributed by atoms with van der Waals surface area (Å²) >= 11 is 3.72. The summed E-state index contributed by atoms with van der Waals surface area (Å²) in [5.74, 6) is 1.73. The zero-order chi connectivity index (χ0) is 14.9. The van der Waals surface area contributed by atoms with Gasteiger partial charge in [-0.15, -0.1) is 0 Å². The van der Waals surface area contributed by atoms with E-state index >= 15 is 0 Å². The van der Waals surface area contributed by atoms with Crippen molar-refractivity contribution in [1.82, 2.24) is 5.32 Å². The predicted octanol–water partition coefficient (Wildman–Crippen LogP) is 4.19. The van der Waals surface area contributed by atoms with Crippen LogP contribution in [-0.4, -0.2) is 20.3 Å². The van der Waals surface area contributed by atoms with Gasteiger partial charge in [-0.25, -0.2) is 0 Å². The first-order valence-corrected chi connectivity index (χ1v) is 8.05. The van der Waals surface area contributed by atoms with Gasteiger partial charge >= 0.3 is 0 Å². The van der Waals surface area contributed by atoms with Gasteiger partial charge in [-0.2, -0.15) is 0 Å². The molecule has 1 atom stereocenters. The minimum Gasteiger partial charge on any atom is -0.490 e. The average Bonchev–Trinajstić information content (AvgIpc) is 2.66. The van der Waals surface area contributed by atoms with Gasteiger partial charge in [0.2, 0.25) is 0 Å². The van der Waals surface area contributed by atoms with Crippen LogP contribution in [0.4, 0.5) is 0 Å². The van der Waals surface area contributed by atoms with Crippen molar-refractivity contribution in [1.29, 1.82) is 0 Å². The lowest BCUT2D eigenvalue weighted by atomic mass is 9.86. The molecule has 0 saturated carbocycles. The van der Waals surface area contributed by atoms with Gasteiger partial charge in [-0.05, 0) is 44.4 Å². The molecule has 4 heteroatoms.